The van der Waals surface area contributed by atoms with Crippen LogP contribution in [0.25, 0.3) is 0 Å². The van der Waals surface area contributed by atoms with Gasteiger partial charge in [0.1, 0.15) is 84.0 Å². The average Bonchev–Trinajstić information content (AvgIpc) is 0.802. The highest BCUT2D eigenvalue weighted by atomic mass is 16.4. The zero-order chi connectivity index (χ0) is 95.7. The standard InChI is InChI=1S/4C17H26O3.5C4H10O4/c4*1-16(2,3)12-9-11(7-8-14(18)19)10-13(15(12)20)17(4,5)6;5*5-1-3(7)4(8)2-6/h4*9-10,20H,7-8H2,1-6H3,(H,18,19);5*3-8H,1-2H2/t;;;;5*3-,4+. The van der Waals surface area contributed by atoms with Gasteiger partial charge in [-0.15, -0.1) is 0 Å². The fourth-order valence-corrected chi connectivity index (χ4v) is 10.1. The van der Waals surface area contributed by atoms with Gasteiger partial charge in [-0.05, 0) is 136 Å². The van der Waals surface area contributed by atoms with E-state index in [0.29, 0.717) is 48.7 Å². The maximum Gasteiger partial charge on any atom is 0.303 e. The Bertz CT molecular complexity index is 2900. The average molecular weight is 1720 g/mol. The molecule has 0 unspecified atom stereocenters. The number of hydrogen-bond acceptors (Lipinski definition) is 28. The number of aliphatic hydroxyl groups is 20. The number of aliphatic hydroxyl groups excluding tert-OH is 20. The minimum absolute atomic E-state index is 0.109. The van der Waals surface area contributed by atoms with E-state index in [1.165, 1.54) is 0 Å². The third kappa shape index (κ3) is 49.5. The predicted octanol–water partition coefficient (Wildman–Crippen LogP) is 4.48. The number of carbonyl (C=O) groups is 4. The lowest BCUT2D eigenvalue weighted by atomic mass is 9.78. The van der Waals surface area contributed by atoms with Gasteiger partial charge < -0.3 is 143 Å². The van der Waals surface area contributed by atoms with Crippen molar-refractivity contribution in [3.63, 3.8) is 0 Å². The van der Waals surface area contributed by atoms with Crippen molar-refractivity contribution in [3.8, 4) is 23.0 Å². The molecule has 10 atom stereocenters. The monoisotopic (exact) mass is 1720 g/mol. The van der Waals surface area contributed by atoms with E-state index in [2.05, 4.69) is 166 Å². The van der Waals surface area contributed by atoms with Crippen molar-refractivity contribution in [1.29, 1.82) is 0 Å². The number of rotatable bonds is 27. The van der Waals surface area contributed by atoms with Gasteiger partial charge in [0, 0.05) is 25.7 Å². The molecule has 32 nitrogen and oxygen atoms in total. The smallest absolute Gasteiger partial charge is 0.303 e. The highest BCUT2D eigenvalue weighted by Gasteiger charge is 2.32. The van der Waals surface area contributed by atoms with Crippen LogP contribution in [0.5, 0.6) is 23.0 Å². The molecule has 0 saturated heterocycles. The second kappa shape index (κ2) is 56.1. The maximum atomic E-state index is 10.8. The first-order valence-electron chi connectivity index (χ1n) is 39.5. The number of aryl methyl sites for hydroxylation is 4. The first-order chi connectivity index (χ1) is 54.3. The number of hydrogen-bond donors (Lipinski definition) is 28. The molecule has 0 amide bonds. The van der Waals surface area contributed by atoms with Gasteiger partial charge in [0.15, 0.2) is 0 Å². The maximum absolute atomic E-state index is 10.8. The molecule has 4 aromatic rings. The SMILES string of the molecule is CC(C)(C)c1cc(CCC(=O)O)cc(C(C)(C)C)c1O.CC(C)(C)c1cc(CCC(=O)O)cc(C(C)(C)C)c1O.CC(C)(C)c1cc(CCC(=O)O)cc(C(C)(C)C)c1O.CC(C)(C)c1cc(CCC(=O)O)cc(C(C)(C)C)c1O.OC[C@@H](O)[C@@H](O)CO.OC[C@@H](O)[C@@H](O)CO.OC[C@@H](O)[C@@H](O)CO.OC[C@@H](O)[C@@H](O)CO.OC[C@@H](O)[C@@H](O)CO. The van der Waals surface area contributed by atoms with Crippen LogP contribution < -0.4 is 0 Å². The molecule has 0 bridgehead atoms. The van der Waals surface area contributed by atoms with Gasteiger partial charge in [0.05, 0.1) is 66.1 Å². The number of aromatic hydroxyl groups is 4. The number of phenols is 4. The number of aliphatic carboxylic acids is 4. The van der Waals surface area contributed by atoms with Crippen LogP contribution in [-0.2, 0) is 88.2 Å². The van der Waals surface area contributed by atoms with E-state index in [-0.39, 0.29) is 69.0 Å². The number of carboxylic acids is 4. The summed E-state index contributed by atoms with van der Waals surface area (Å²) in [6.07, 6.45) is -9.83. The van der Waals surface area contributed by atoms with Gasteiger partial charge in [-0.25, -0.2) is 0 Å². The van der Waals surface area contributed by atoms with E-state index in [0.717, 1.165) is 66.8 Å². The normalized spacial score (nSPS) is 14.3. The van der Waals surface area contributed by atoms with E-state index in [9.17, 15) is 39.6 Å². The van der Waals surface area contributed by atoms with E-state index in [1.54, 1.807) is 0 Å². The molecule has 120 heavy (non-hydrogen) atoms. The van der Waals surface area contributed by atoms with Crippen molar-refractivity contribution >= 4 is 23.9 Å². The molecule has 4 rings (SSSR count). The fraction of sp³-hybridized carbons (Fsp3) is 0.682. The zero-order valence-corrected chi connectivity index (χ0v) is 75.3. The Morgan fingerprint density at radius 1 is 0.208 bits per heavy atom. The highest BCUT2D eigenvalue weighted by Crippen LogP contribution is 2.44. The molecule has 0 fully saturated rings. The molecule has 0 aliphatic carbocycles. The molecule has 32 heteroatoms. The first-order valence-corrected chi connectivity index (χ1v) is 39.5. The molecular weight excluding hydrogens is 1570 g/mol. The van der Waals surface area contributed by atoms with Crippen LogP contribution >= 0.6 is 0 Å². The molecule has 0 aromatic heterocycles. The Balaban J connectivity index is -0.000000426. The largest absolute Gasteiger partial charge is 0.507 e. The van der Waals surface area contributed by atoms with Gasteiger partial charge in [-0.1, -0.05) is 215 Å². The van der Waals surface area contributed by atoms with Crippen molar-refractivity contribution in [2.75, 3.05) is 66.1 Å². The van der Waals surface area contributed by atoms with Gasteiger partial charge in [0.2, 0.25) is 0 Å². The Hall–Kier alpha value is -6.84. The van der Waals surface area contributed by atoms with Crippen molar-refractivity contribution in [3.05, 3.63) is 115 Å². The summed E-state index contributed by atoms with van der Waals surface area (Å²) in [6, 6.07) is 15.5. The molecular formula is C88H154O32. The van der Waals surface area contributed by atoms with E-state index in [4.69, 9.17) is 123 Å². The summed E-state index contributed by atoms with van der Waals surface area (Å²) in [5, 5.41) is 243. The van der Waals surface area contributed by atoms with Crippen molar-refractivity contribution in [2.45, 2.75) is 322 Å². The lowest BCUT2D eigenvalue weighted by Gasteiger charge is -2.28. The minimum Gasteiger partial charge on any atom is -0.507 e. The van der Waals surface area contributed by atoms with Crippen molar-refractivity contribution in [1.82, 2.24) is 0 Å². The number of benzene rings is 4. The topological polar surface area (TPSA) is 635 Å². The van der Waals surface area contributed by atoms with Crippen molar-refractivity contribution in [2.24, 2.45) is 0 Å². The summed E-state index contributed by atoms with van der Waals surface area (Å²) in [5.41, 5.74) is 9.51. The molecule has 698 valence electrons. The Kier molecular flexibility index (Phi) is 56.9. The second-order valence-corrected chi connectivity index (χ2v) is 37.2. The third-order valence-electron chi connectivity index (χ3n) is 17.7. The molecule has 0 aliphatic rings. The minimum atomic E-state index is -1.22. The summed E-state index contributed by atoms with van der Waals surface area (Å²) in [5.74, 6) is -1.85. The molecule has 0 saturated carbocycles. The van der Waals surface area contributed by atoms with Gasteiger partial charge >= 0.3 is 23.9 Å². The van der Waals surface area contributed by atoms with Crippen LogP contribution in [0.15, 0.2) is 48.5 Å². The second-order valence-electron chi connectivity index (χ2n) is 37.2. The summed E-state index contributed by atoms with van der Waals surface area (Å²) < 4.78 is 0. The van der Waals surface area contributed by atoms with E-state index < -0.39 is 151 Å². The fourth-order valence-electron chi connectivity index (χ4n) is 10.1. The number of carboxylic acid groups (broad SMARTS) is 4. The van der Waals surface area contributed by atoms with Gasteiger partial charge in [-0.2, -0.15) is 0 Å². The van der Waals surface area contributed by atoms with Crippen LogP contribution in [0.4, 0.5) is 0 Å². The van der Waals surface area contributed by atoms with Crippen LogP contribution in [-0.4, -0.2) is 294 Å². The Labute approximate surface area is 709 Å². The van der Waals surface area contributed by atoms with Crippen LogP contribution in [0, 0.1) is 0 Å². The molecule has 0 aliphatic heterocycles. The van der Waals surface area contributed by atoms with E-state index in [1.807, 2.05) is 48.5 Å². The third-order valence-corrected chi connectivity index (χ3v) is 17.7. The van der Waals surface area contributed by atoms with Crippen molar-refractivity contribution < 1.29 is 162 Å². The lowest BCUT2D eigenvalue weighted by molar-refractivity contribution is -0.138. The summed E-state index contributed by atoms with van der Waals surface area (Å²) >= 11 is 0. The Morgan fingerprint density at radius 2 is 0.292 bits per heavy atom. The quantitative estimate of drug-likeness (QED) is 0.0391. The first kappa shape index (κ1) is 122. The van der Waals surface area contributed by atoms with Crippen LogP contribution in [0.2, 0.25) is 0 Å². The van der Waals surface area contributed by atoms with Gasteiger partial charge in [-0.3, -0.25) is 19.2 Å². The van der Waals surface area contributed by atoms with Gasteiger partial charge in [0.25, 0.3) is 0 Å². The zero-order valence-electron chi connectivity index (χ0n) is 75.3. The predicted molar refractivity (Wildman–Crippen MR) is 457 cm³/mol. The molecule has 28 N–H and O–H groups in total. The molecule has 0 radical (unpaired) electrons. The summed E-state index contributed by atoms with van der Waals surface area (Å²) in [6.45, 7) is 44.0. The van der Waals surface area contributed by atoms with Crippen LogP contribution in [0.1, 0.15) is 259 Å². The summed E-state index contributed by atoms with van der Waals surface area (Å²) in [4.78, 5) is 43.0. The molecule has 0 spiro atoms. The molecule has 4 aromatic carbocycles. The highest BCUT2D eigenvalue weighted by molar-refractivity contribution is 5.69. The Morgan fingerprint density at radius 3 is 0.350 bits per heavy atom. The lowest BCUT2D eigenvalue weighted by Crippen LogP contribution is -2.31. The van der Waals surface area contributed by atoms with Crippen LogP contribution in [0.3, 0.4) is 0 Å². The molecule has 0 heterocycles. The summed E-state index contributed by atoms with van der Waals surface area (Å²) in [7, 11) is 0. The number of phenolic OH excluding ortho intramolecular Hbond substituents is 4. The van der Waals surface area contributed by atoms with E-state index >= 15 is 0 Å².